The standard InChI is InChI=1S/C11H21N.C9H17NO.C3H6.C2H5N.CH4/c1-9(2)10(3)7-6-8-11(4)12-5;11-9-5-4-8-10-6-2-1-3-7-10;2*1-3-2;/h8-9,12H,3,6-7H2,1-2,4-5H3;9H,1-8H2;3H,1H2,2H3;1H2,2H3;1H4/b11-8+;;;;. The molecule has 0 bridgehead atoms. The summed E-state index contributed by atoms with van der Waals surface area (Å²) in [6.07, 6.45) is 13.1. The van der Waals surface area contributed by atoms with Gasteiger partial charge in [0.25, 0.3) is 0 Å². The van der Waals surface area contributed by atoms with Crippen LogP contribution in [-0.2, 0) is 4.79 Å². The Kier molecular flexibility index (Phi) is 35.2. The number of likely N-dealkylation sites (tertiary alicyclic amines) is 1. The van der Waals surface area contributed by atoms with Crippen LogP contribution < -0.4 is 5.32 Å². The molecule has 0 saturated carbocycles. The van der Waals surface area contributed by atoms with Gasteiger partial charge in [-0.05, 0) is 78.2 Å². The molecule has 30 heavy (non-hydrogen) atoms. The Morgan fingerprint density at radius 1 is 1.20 bits per heavy atom. The first-order chi connectivity index (χ1) is 13.8. The Hall–Kier alpha value is -1.68. The summed E-state index contributed by atoms with van der Waals surface area (Å²) in [5.74, 6) is 0.619. The molecule has 0 amide bonds. The molecule has 1 heterocycles. The van der Waals surface area contributed by atoms with Crippen LogP contribution in [0, 0.1) is 5.92 Å². The van der Waals surface area contributed by atoms with Gasteiger partial charge in [-0.2, -0.15) is 0 Å². The van der Waals surface area contributed by atoms with Crippen molar-refractivity contribution < 1.29 is 4.79 Å². The smallest absolute Gasteiger partial charge is 0.120 e. The number of unbranched alkanes of at least 4 members (excludes halogenated alkanes) is 1. The van der Waals surface area contributed by atoms with Crippen molar-refractivity contribution >= 4 is 13.0 Å². The van der Waals surface area contributed by atoms with E-state index in [2.05, 4.69) is 61.9 Å². The van der Waals surface area contributed by atoms with E-state index in [1.807, 2.05) is 14.0 Å². The maximum absolute atomic E-state index is 10.0. The number of hydrogen-bond acceptors (Lipinski definition) is 4. The minimum absolute atomic E-state index is 0. The second-order valence-corrected chi connectivity index (χ2v) is 7.42. The van der Waals surface area contributed by atoms with Gasteiger partial charge in [-0.15, -0.1) is 6.58 Å². The molecule has 1 saturated heterocycles. The predicted octanol–water partition coefficient (Wildman–Crippen LogP) is 6.70. The molecule has 1 aliphatic rings. The van der Waals surface area contributed by atoms with Gasteiger partial charge in [-0.1, -0.05) is 52.0 Å². The molecule has 0 spiro atoms. The highest BCUT2D eigenvalue weighted by Gasteiger charge is 2.08. The van der Waals surface area contributed by atoms with E-state index in [0.717, 1.165) is 38.5 Å². The third-order valence-electron chi connectivity index (χ3n) is 4.37. The third-order valence-corrected chi connectivity index (χ3v) is 4.37. The first kappa shape index (κ1) is 35.7. The molecule has 0 radical (unpaired) electrons. The summed E-state index contributed by atoms with van der Waals surface area (Å²) in [5, 5.41) is 3.10. The summed E-state index contributed by atoms with van der Waals surface area (Å²) in [4.78, 5) is 15.7. The number of aliphatic imine (C=N–C) groups is 1. The first-order valence-electron chi connectivity index (χ1n) is 10.9. The summed E-state index contributed by atoms with van der Waals surface area (Å²) in [6.45, 7) is 22.5. The van der Waals surface area contributed by atoms with Gasteiger partial charge in [0.05, 0.1) is 0 Å². The van der Waals surface area contributed by atoms with Gasteiger partial charge in [-0.25, -0.2) is 0 Å². The number of aldehydes is 1. The minimum Gasteiger partial charge on any atom is -0.392 e. The second-order valence-electron chi connectivity index (χ2n) is 7.42. The molecule has 4 nitrogen and oxygen atoms in total. The van der Waals surface area contributed by atoms with Crippen LogP contribution in [0.1, 0.15) is 80.1 Å². The number of allylic oxidation sites excluding steroid dienone is 4. The Morgan fingerprint density at radius 3 is 2.10 bits per heavy atom. The summed E-state index contributed by atoms with van der Waals surface area (Å²) in [5.41, 5.74) is 2.58. The summed E-state index contributed by atoms with van der Waals surface area (Å²) in [6, 6.07) is 0. The van der Waals surface area contributed by atoms with Gasteiger partial charge < -0.3 is 20.0 Å². The summed E-state index contributed by atoms with van der Waals surface area (Å²) in [7, 11) is 3.59. The Labute approximate surface area is 189 Å². The average Bonchev–Trinajstić information content (AvgIpc) is 2.70. The lowest BCUT2D eigenvalue weighted by molar-refractivity contribution is -0.108. The topological polar surface area (TPSA) is 44.7 Å². The number of hydrogen-bond donors (Lipinski definition) is 1. The maximum atomic E-state index is 10.0. The number of piperidine rings is 1. The lowest BCUT2D eigenvalue weighted by Gasteiger charge is -2.25. The van der Waals surface area contributed by atoms with Gasteiger partial charge in [0.2, 0.25) is 0 Å². The van der Waals surface area contributed by atoms with E-state index in [1.165, 1.54) is 43.6 Å². The summed E-state index contributed by atoms with van der Waals surface area (Å²) >= 11 is 0. The molecular formula is C26H53N3O. The molecular weight excluding hydrogens is 370 g/mol. The first-order valence-corrected chi connectivity index (χ1v) is 10.9. The zero-order valence-electron chi connectivity index (χ0n) is 20.3. The van der Waals surface area contributed by atoms with Crippen LogP contribution in [0.4, 0.5) is 0 Å². The van der Waals surface area contributed by atoms with Gasteiger partial charge in [0.15, 0.2) is 0 Å². The van der Waals surface area contributed by atoms with Gasteiger partial charge in [-0.3, -0.25) is 0 Å². The van der Waals surface area contributed by atoms with Crippen LogP contribution in [0.5, 0.6) is 0 Å². The van der Waals surface area contributed by atoms with Crippen molar-refractivity contribution in [2.45, 2.75) is 80.1 Å². The molecule has 0 atom stereocenters. The number of nitrogens with zero attached hydrogens (tertiary/aromatic N) is 2. The van der Waals surface area contributed by atoms with Crippen LogP contribution in [-0.4, -0.2) is 51.6 Å². The molecule has 0 aromatic heterocycles. The minimum atomic E-state index is 0. The molecule has 1 rings (SSSR count). The van der Waals surface area contributed by atoms with Crippen molar-refractivity contribution in [1.29, 1.82) is 0 Å². The quantitative estimate of drug-likeness (QED) is 0.194. The fourth-order valence-corrected chi connectivity index (χ4v) is 2.45. The largest absolute Gasteiger partial charge is 0.392 e. The van der Waals surface area contributed by atoms with Crippen molar-refractivity contribution in [1.82, 2.24) is 10.2 Å². The average molecular weight is 424 g/mol. The highest BCUT2D eigenvalue weighted by atomic mass is 16.1. The van der Waals surface area contributed by atoms with Crippen molar-refractivity contribution in [3.8, 4) is 0 Å². The molecule has 1 N–H and O–H groups in total. The third kappa shape index (κ3) is 31.0. The maximum Gasteiger partial charge on any atom is 0.120 e. The zero-order chi connectivity index (χ0) is 22.9. The van der Waals surface area contributed by atoms with E-state index in [9.17, 15) is 4.79 Å². The summed E-state index contributed by atoms with van der Waals surface area (Å²) < 4.78 is 0. The van der Waals surface area contributed by atoms with Crippen LogP contribution in [0.25, 0.3) is 0 Å². The molecule has 0 unspecified atom stereocenters. The number of carbonyl (C=O) groups excluding carboxylic acids is 1. The van der Waals surface area contributed by atoms with E-state index >= 15 is 0 Å². The highest BCUT2D eigenvalue weighted by molar-refractivity contribution is 5.48. The van der Waals surface area contributed by atoms with E-state index in [4.69, 9.17) is 0 Å². The molecule has 1 aliphatic heterocycles. The molecule has 4 heteroatoms. The fraction of sp³-hybridized carbons (Fsp3) is 0.692. The molecule has 1 fully saturated rings. The van der Waals surface area contributed by atoms with Crippen molar-refractivity contribution in [2.24, 2.45) is 10.9 Å². The Bertz CT molecular complexity index is 416. The number of rotatable bonds is 9. The molecule has 0 aliphatic carbocycles. The van der Waals surface area contributed by atoms with Crippen molar-refractivity contribution in [2.75, 3.05) is 33.7 Å². The number of carbonyl (C=O) groups is 1. The van der Waals surface area contributed by atoms with Crippen molar-refractivity contribution in [3.05, 3.63) is 36.6 Å². The number of nitrogens with one attached hydrogen (secondary N) is 1. The molecule has 0 aromatic rings. The van der Waals surface area contributed by atoms with Gasteiger partial charge in [0.1, 0.15) is 6.29 Å². The highest BCUT2D eigenvalue weighted by Crippen LogP contribution is 2.13. The Balaban J connectivity index is -0.000000174. The zero-order valence-corrected chi connectivity index (χ0v) is 20.3. The van der Waals surface area contributed by atoms with E-state index < -0.39 is 0 Å². The van der Waals surface area contributed by atoms with Crippen LogP contribution in [0.2, 0.25) is 0 Å². The normalized spacial score (nSPS) is 13.0. The lowest BCUT2D eigenvalue weighted by Crippen LogP contribution is -2.30. The fourth-order valence-electron chi connectivity index (χ4n) is 2.45. The van der Waals surface area contributed by atoms with E-state index in [0.29, 0.717) is 5.92 Å². The van der Waals surface area contributed by atoms with E-state index in [1.54, 1.807) is 13.1 Å². The van der Waals surface area contributed by atoms with Crippen molar-refractivity contribution in [3.63, 3.8) is 0 Å². The monoisotopic (exact) mass is 423 g/mol. The molecule has 0 aromatic carbocycles. The second kappa shape index (κ2) is 29.5. The van der Waals surface area contributed by atoms with Gasteiger partial charge in [0, 0.05) is 26.2 Å². The van der Waals surface area contributed by atoms with Crippen LogP contribution >= 0.6 is 0 Å². The van der Waals surface area contributed by atoms with Crippen LogP contribution in [0.15, 0.2) is 41.6 Å². The molecule has 178 valence electrons. The predicted molar refractivity (Wildman–Crippen MR) is 140 cm³/mol. The van der Waals surface area contributed by atoms with Gasteiger partial charge >= 0.3 is 0 Å². The van der Waals surface area contributed by atoms with Crippen LogP contribution in [0.3, 0.4) is 0 Å². The SMILES string of the molecule is C.C=C(CC/C=C(\C)NC)C(C)C.C=CC.C=NC.O=CCCCN1CCCCC1. The van der Waals surface area contributed by atoms with E-state index in [-0.39, 0.29) is 7.43 Å². The lowest BCUT2D eigenvalue weighted by atomic mass is 10.0. The Morgan fingerprint density at radius 2 is 1.70 bits per heavy atom.